The SMILES string of the molecule is COC(=O)C1=C(C(=O)OC)N(c2cc(C(C)C)c(OC)c(C(C)C)c2)C=CC=C1. The number of anilines is 1. The van der Waals surface area contributed by atoms with E-state index < -0.39 is 11.9 Å². The predicted octanol–water partition coefficient (Wildman–Crippen LogP) is 4.43. The minimum absolute atomic E-state index is 0.0962. The van der Waals surface area contributed by atoms with Crippen molar-refractivity contribution >= 4 is 17.6 Å². The fraction of sp³-hybridized carbons (Fsp3) is 0.391. The number of benzene rings is 1. The molecule has 0 radical (unpaired) electrons. The minimum Gasteiger partial charge on any atom is -0.496 e. The quantitative estimate of drug-likeness (QED) is 0.659. The number of methoxy groups -OCH3 is 3. The molecule has 156 valence electrons. The molecule has 2 rings (SSSR count). The Hall–Kier alpha value is -3.02. The third-order valence-electron chi connectivity index (χ3n) is 4.75. The van der Waals surface area contributed by atoms with Gasteiger partial charge in [-0.1, -0.05) is 33.8 Å². The van der Waals surface area contributed by atoms with E-state index >= 15 is 0 Å². The summed E-state index contributed by atoms with van der Waals surface area (Å²) in [5, 5.41) is 0. The molecular formula is C23H29NO5. The summed E-state index contributed by atoms with van der Waals surface area (Å²) in [6.07, 6.45) is 6.72. The third kappa shape index (κ3) is 4.53. The zero-order valence-electron chi connectivity index (χ0n) is 18.1. The highest BCUT2D eigenvalue weighted by atomic mass is 16.5. The van der Waals surface area contributed by atoms with Gasteiger partial charge in [-0.2, -0.15) is 0 Å². The van der Waals surface area contributed by atoms with Crippen molar-refractivity contribution in [3.8, 4) is 5.75 Å². The van der Waals surface area contributed by atoms with Crippen LogP contribution < -0.4 is 9.64 Å². The van der Waals surface area contributed by atoms with E-state index in [0.29, 0.717) is 0 Å². The summed E-state index contributed by atoms with van der Waals surface area (Å²) < 4.78 is 15.6. The normalized spacial score (nSPS) is 13.8. The van der Waals surface area contributed by atoms with Crippen LogP contribution in [0, 0.1) is 0 Å². The van der Waals surface area contributed by atoms with Crippen molar-refractivity contribution in [1.82, 2.24) is 0 Å². The van der Waals surface area contributed by atoms with E-state index in [0.717, 1.165) is 22.6 Å². The van der Waals surface area contributed by atoms with E-state index in [1.165, 1.54) is 14.2 Å². The number of allylic oxidation sites excluding steroid dienone is 2. The highest BCUT2D eigenvalue weighted by molar-refractivity contribution is 6.05. The van der Waals surface area contributed by atoms with E-state index in [4.69, 9.17) is 14.2 Å². The third-order valence-corrected chi connectivity index (χ3v) is 4.75. The Kier molecular flexibility index (Phi) is 7.26. The smallest absolute Gasteiger partial charge is 0.355 e. The van der Waals surface area contributed by atoms with Crippen LogP contribution in [0.4, 0.5) is 5.69 Å². The lowest BCUT2D eigenvalue weighted by Gasteiger charge is -2.27. The summed E-state index contributed by atoms with van der Waals surface area (Å²) in [5.74, 6) is -0.0108. The summed E-state index contributed by atoms with van der Waals surface area (Å²) in [7, 11) is 4.23. The van der Waals surface area contributed by atoms with E-state index in [1.807, 2.05) is 12.1 Å². The van der Waals surface area contributed by atoms with Crippen molar-refractivity contribution in [3.05, 3.63) is 59.0 Å². The Bertz CT molecular complexity index is 848. The first-order valence-electron chi connectivity index (χ1n) is 9.53. The van der Waals surface area contributed by atoms with Crippen molar-refractivity contribution in [2.75, 3.05) is 26.2 Å². The molecule has 1 aliphatic heterocycles. The van der Waals surface area contributed by atoms with Crippen LogP contribution in [0.3, 0.4) is 0 Å². The monoisotopic (exact) mass is 399 g/mol. The Morgan fingerprint density at radius 3 is 1.86 bits per heavy atom. The zero-order valence-corrected chi connectivity index (χ0v) is 18.1. The lowest BCUT2D eigenvalue weighted by molar-refractivity contribution is -0.139. The van der Waals surface area contributed by atoms with Crippen LogP contribution in [0.1, 0.15) is 50.7 Å². The van der Waals surface area contributed by atoms with Crippen molar-refractivity contribution < 1.29 is 23.8 Å². The first kappa shape index (κ1) is 22.3. The molecule has 1 aromatic rings. The van der Waals surface area contributed by atoms with Gasteiger partial charge in [-0.25, -0.2) is 9.59 Å². The van der Waals surface area contributed by atoms with Gasteiger partial charge in [0.2, 0.25) is 0 Å². The summed E-state index contributed by atoms with van der Waals surface area (Å²) in [4.78, 5) is 26.7. The first-order chi connectivity index (χ1) is 13.8. The summed E-state index contributed by atoms with van der Waals surface area (Å²) in [6, 6.07) is 3.95. The minimum atomic E-state index is -0.630. The van der Waals surface area contributed by atoms with Gasteiger partial charge < -0.3 is 19.1 Å². The van der Waals surface area contributed by atoms with Gasteiger partial charge in [0.25, 0.3) is 0 Å². The second-order valence-corrected chi connectivity index (χ2v) is 7.28. The number of hydrogen-bond donors (Lipinski definition) is 0. The number of hydrogen-bond acceptors (Lipinski definition) is 6. The highest BCUT2D eigenvalue weighted by Crippen LogP contribution is 2.39. The van der Waals surface area contributed by atoms with Gasteiger partial charge in [-0.15, -0.1) is 0 Å². The van der Waals surface area contributed by atoms with Crippen LogP contribution in [-0.2, 0) is 19.1 Å². The Balaban J connectivity index is 2.82. The molecule has 29 heavy (non-hydrogen) atoms. The maximum Gasteiger partial charge on any atom is 0.355 e. The number of nitrogens with zero attached hydrogens (tertiary/aromatic N) is 1. The predicted molar refractivity (Wildman–Crippen MR) is 113 cm³/mol. The summed E-state index contributed by atoms with van der Waals surface area (Å²) >= 11 is 0. The number of rotatable bonds is 6. The van der Waals surface area contributed by atoms with Gasteiger partial charge in [0.1, 0.15) is 11.4 Å². The molecule has 0 aromatic heterocycles. The van der Waals surface area contributed by atoms with Gasteiger partial charge in [0, 0.05) is 11.9 Å². The lowest BCUT2D eigenvalue weighted by Crippen LogP contribution is -2.27. The molecule has 6 heteroatoms. The molecule has 0 unspecified atom stereocenters. The molecule has 0 spiro atoms. The second-order valence-electron chi connectivity index (χ2n) is 7.28. The highest BCUT2D eigenvalue weighted by Gasteiger charge is 2.29. The molecule has 0 aliphatic carbocycles. The van der Waals surface area contributed by atoms with E-state index in [-0.39, 0.29) is 23.1 Å². The fourth-order valence-electron chi connectivity index (χ4n) is 3.26. The van der Waals surface area contributed by atoms with Crippen LogP contribution >= 0.6 is 0 Å². The molecule has 0 N–H and O–H groups in total. The molecule has 0 saturated heterocycles. The van der Waals surface area contributed by atoms with Crippen LogP contribution in [0.15, 0.2) is 47.8 Å². The average Bonchev–Trinajstić information content (AvgIpc) is 2.94. The number of esters is 2. The molecule has 0 bridgehead atoms. The van der Waals surface area contributed by atoms with E-state index in [1.54, 1.807) is 36.4 Å². The first-order valence-corrected chi connectivity index (χ1v) is 9.53. The van der Waals surface area contributed by atoms with Crippen molar-refractivity contribution in [1.29, 1.82) is 0 Å². The van der Waals surface area contributed by atoms with Gasteiger partial charge in [-0.3, -0.25) is 0 Å². The van der Waals surface area contributed by atoms with Crippen molar-refractivity contribution in [3.63, 3.8) is 0 Å². The van der Waals surface area contributed by atoms with Crippen LogP contribution in [0.2, 0.25) is 0 Å². The topological polar surface area (TPSA) is 65.1 Å². The maximum absolute atomic E-state index is 12.7. The molecule has 6 nitrogen and oxygen atoms in total. The fourth-order valence-corrected chi connectivity index (χ4v) is 3.26. The summed E-state index contributed by atoms with van der Waals surface area (Å²) in [6.45, 7) is 8.34. The van der Waals surface area contributed by atoms with Crippen LogP contribution in [0.5, 0.6) is 5.75 Å². The molecule has 0 atom stereocenters. The van der Waals surface area contributed by atoms with Gasteiger partial charge in [-0.05, 0) is 47.2 Å². The van der Waals surface area contributed by atoms with Gasteiger partial charge in [0.05, 0.1) is 26.9 Å². The molecule has 1 heterocycles. The van der Waals surface area contributed by atoms with E-state index in [9.17, 15) is 9.59 Å². The Morgan fingerprint density at radius 1 is 0.862 bits per heavy atom. The van der Waals surface area contributed by atoms with Crippen molar-refractivity contribution in [2.45, 2.75) is 39.5 Å². The second kappa shape index (κ2) is 9.45. The number of ether oxygens (including phenoxy) is 3. The standard InChI is InChI=1S/C23H29NO5/c1-14(2)18-12-16(13-19(15(3)4)21(18)27-5)24-11-9-8-10-17(22(25)28-6)20(24)23(26)29-7/h8-15H,1-7H3. The number of carbonyl (C=O) groups excluding carboxylic acids is 2. The molecule has 0 amide bonds. The molecular weight excluding hydrogens is 370 g/mol. The number of carbonyl (C=O) groups is 2. The van der Waals surface area contributed by atoms with Crippen LogP contribution in [0.25, 0.3) is 0 Å². The van der Waals surface area contributed by atoms with E-state index in [2.05, 4.69) is 27.7 Å². The Morgan fingerprint density at radius 2 is 1.41 bits per heavy atom. The van der Waals surface area contributed by atoms with Crippen molar-refractivity contribution in [2.24, 2.45) is 0 Å². The molecule has 1 aliphatic rings. The average molecular weight is 399 g/mol. The zero-order chi connectivity index (χ0) is 21.7. The molecule has 1 aromatic carbocycles. The molecule has 0 saturated carbocycles. The lowest BCUT2D eigenvalue weighted by atomic mass is 9.92. The molecule has 0 fully saturated rings. The van der Waals surface area contributed by atoms with Gasteiger partial charge in [0.15, 0.2) is 0 Å². The largest absolute Gasteiger partial charge is 0.496 e. The summed E-state index contributed by atoms with van der Waals surface area (Å²) in [5.41, 5.74) is 2.99. The maximum atomic E-state index is 12.7. The van der Waals surface area contributed by atoms with Gasteiger partial charge >= 0.3 is 11.9 Å². The van der Waals surface area contributed by atoms with Crippen LogP contribution in [-0.4, -0.2) is 33.3 Å². The Labute approximate surface area is 172 Å².